The summed E-state index contributed by atoms with van der Waals surface area (Å²) in [7, 11) is 1.81. The second kappa shape index (κ2) is 6.42. The van der Waals surface area contributed by atoms with Gasteiger partial charge in [0.25, 0.3) is 5.91 Å². The Labute approximate surface area is 146 Å². The van der Waals surface area contributed by atoms with Crippen LogP contribution in [0.25, 0.3) is 10.6 Å². The molecule has 0 atom stereocenters. The largest absolute Gasteiger partial charge is 0.366 e. The third-order valence-electron chi connectivity index (χ3n) is 3.18. The first-order valence-corrected chi connectivity index (χ1v) is 8.05. The Morgan fingerprint density at radius 3 is 2.79 bits per heavy atom. The van der Waals surface area contributed by atoms with Crippen LogP contribution in [0.3, 0.4) is 0 Å². The summed E-state index contributed by atoms with van der Waals surface area (Å²) >= 11 is 7.32. The van der Waals surface area contributed by atoms with Crippen LogP contribution in [0, 0.1) is 0 Å². The van der Waals surface area contributed by atoms with Crippen molar-refractivity contribution in [2.45, 2.75) is 0 Å². The Kier molecular flexibility index (Phi) is 4.32. The Bertz CT molecular complexity index is 934. The first-order chi connectivity index (χ1) is 11.4. The van der Waals surface area contributed by atoms with Crippen LogP contribution in [0.15, 0.2) is 36.0 Å². The molecule has 2 aromatic heterocycles. The number of hydrogen-bond acceptors (Lipinski definition) is 5. The number of carbonyl (C=O) groups excluding carboxylic acids is 2. The number of amides is 2. The fourth-order valence-corrected chi connectivity index (χ4v) is 3.08. The highest BCUT2D eigenvalue weighted by molar-refractivity contribution is 7.13. The quantitative estimate of drug-likeness (QED) is 0.745. The molecular formula is C15H12ClN5O2S. The van der Waals surface area contributed by atoms with Gasteiger partial charge in [0, 0.05) is 29.9 Å². The molecule has 3 aromatic rings. The maximum absolute atomic E-state index is 12.3. The van der Waals surface area contributed by atoms with Crippen LogP contribution in [0.5, 0.6) is 0 Å². The van der Waals surface area contributed by atoms with Gasteiger partial charge in [-0.25, -0.2) is 4.98 Å². The summed E-state index contributed by atoms with van der Waals surface area (Å²) < 4.78 is 1.67. The average molecular weight is 362 g/mol. The third-order valence-corrected chi connectivity index (χ3v) is 4.39. The van der Waals surface area contributed by atoms with Crippen LogP contribution < -0.4 is 11.1 Å². The number of aromatic nitrogens is 3. The van der Waals surface area contributed by atoms with Crippen molar-refractivity contribution >= 4 is 40.4 Å². The van der Waals surface area contributed by atoms with Gasteiger partial charge in [-0.2, -0.15) is 5.10 Å². The Hall–Kier alpha value is -2.71. The van der Waals surface area contributed by atoms with Crippen LogP contribution in [0.4, 0.5) is 5.69 Å². The number of nitrogens with zero attached hydrogens (tertiary/aromatic N) is 3. The molecule has 3 rings (SSSR count). The molecule has 1 aromatic carbocycles. The smallest absolute Gasteiger partial charge is 0.275 e. The van der Waals surface area contributed by atoms with Crippen molar-refractivity contribution in [2.75, 3.05) is 5.32 Å². The molecule has 0 fully saturated rings. The van der Waals surface area contributed by atoms with Gasteiger partial charge in [-0.1, -0.05) is 11.6 Å². The van der Waals surface area contributed by atoms with E-state index >= 15 is 0 Å². The minimum atomic E-state index is -0.626. The molecule has 24 heavy (non-hydrogen) atoms. The van der Waals surface area contributed by atoms with Crippen LogP contribution in [0.1, 0.15) is 20.8 Å². The van der Waals surface area contributed by atoms with E-state index in [1.807, 2.05) is 13.2 Å². The number of thiazole rings is 1. The maximum atomic E-state index is 12.3. The normalized spacial score (nSPS) is 10.6. The zero-order chi connectivity index (χ0) is 17.3. The molecule has 9 heteroatoms. The number of hydrogen-bond donors (Lipinski definition) is 2. The second-order valence-corrected chi connectivity index (χ2v) is 6.22. The Morgan fingerprint density at radius 2 is 2.17 bits per heavy atom. The number of carbonyl (C=O) groups is 2. The number of nitrogens with one attached hydrogen (secondary N) is 1. The van der Waals surface area contributed by atoms with Gasteiger partial charge < -0.3 is 11.1 Å². The summed E-state index contributed by atoms with van der Waals surface area (Å²) in [5.74, 6) is -0.997. The number of aryl methyl sites for hydroxylation is 1. The SMILES string of the molecule is Cn1cc(-c2nc(C(=O)Nc3ccc(C(N)=O)c(Cl)c3)cs2)cn1. The molecule has 0 saturated heterocycles. The Morgan fingerprint density at radius 1 is 1.38 bits per heavy atom. The standard InChI is InChI=1S/C15H12ClN5O2S/c1-21-6-8(5-18-21)15-20-12(7-24-15)14(23)19-9-2-3-10(13(17)22)11(16)4-9/h2-7H,1H3,(H2,17,22)(H,19,23). The topological polar surface area (TPSA) is 103 Å². The summed E-state index contributed by atoms with van der Waals surface area (Å²) in [6, 6.07) is 4.48. The highest BCUT2D eigenvalue weighted by Crippen LogP contribution is 2.24. The molecule has 0 unspecified atom stereocenters. The van der Waals surface area contributed by atoms with Gasteiger partial charge in [-0.05, 0) is 18.2 Å². The van der Waals surface area contributed by atoms with Crippen molar-refractivity contribution in [3.63, 3.8) is 0 Å². The van der Waals surface area contributed by atoms with Crippen molar-refractivity contribution in [3.8, 4) is 10.6 Å². The van der Waals surface area contributed by atoms with Crippen LogP contribution in [-0.2, 0) is 7.05 Å². The summed E-state index contributed by atoms with van der Waals surface area (Å²) in [4.78, 5) is 27.7. The molecule has 0 radical (unpaired) electrons. The van der Waals surface area contributed by atoms with E-state index in [-0.39, 0.29) is 22.2 Å². The molecule has 0 spiro atoms. The monoisotopic (exact) mass is 361 g/mol. The molecule has 7 nitrogen and oxygen atoms in total. The van der Waals surface area contributed by atoms with E-state index in [0.717, 1.165) is 5.56 Å². The Balaban J connectivity index is 1.77. The summed E-state index contributed by atoms with van der Waals surface area (Å²) in [6.07, 6.45) is 3.51. The van der Waals surface area contributed by atoms with Gasteiger partial charge in [0.05, 0.1) is 16.8 Å². The molecular weight excluding hydrogens is 350 g/mol. The first kappa shape index (κ1) is 16.2. The highest BCUT2D eigenvalue weighted by Gasteiger charge is 2.14. The van der Waals surface area contributed by atoms with Crippen LogP contribution in [0.2, 0.25) is 5.02 Å². The number of nitrogens with two attached hydrogens (primary N) is 1. The van der Waals surface area contributed by atoms with Crippen LogP contribution >= 0.6 is 22.9 Å². The summed E-state index contributed by atoms with van der Waals surface area (Å²) in [5, 5.41) is 9.30. The third kappa shape index (κ3) is 3.29. The maximum Gasteiger partial charge on any atom is 0.275 e. The zero-order valence-corrected chi connectivity index (χ0v) is 14.1. The summed E-state index contributed by atoms with van der Waals surface area (Å²) in [5.41, 5.74) is 6.97. The van der Waals surface area contributed by atoms with Gasteiger partial charge in [0.1, 0.15) is 10.7 Å². The van der Waals surface area contributed by atoms with E-state index in [4.69, 9.17) is 17.3 Å². The number of anilines is 1. The highest BCUT2D eigenvalue weighted by atomic mass is 35.5. The van der Waals surface area contributed by atoms with E-state index in [1.165, 1.54) is 23.5 Å². The van der Waals surface area contributed by atoms with Gasteiger partial charge in [0.15, 0.2) is 0 Å². The number of primary amides is 1. The first-order valence-electron chi connectivity index (χ1n) is 6.79. The molecule has 0 aliphatic carbocycles. The fourth-order valence-electron chi connectivity index (χ4n) is 2.03. The lowest BCUT2D eigenvalue weighted by molar-refractivity contribution is 0.0998. The van der Waals surface area contributed by atoms with E-state index in [9.17, 15) is 9.59 Å². The molecule has 0 aliphatic heterocycles. The molecule has 0 aliphatic rings. The van der Waals surface area contributed by atoms with Crippen molar-refractivity contribution in [1.29, 1.82) is 0 Å². The predicted octanol–water partition coefficient (Wildman–Crippen LogP) is 2.55. The average Bonchev–Trinajstić information content (AvgIpc) is 3.15. The molecule has 2 amide bonds. The van der Waals surface area contributed by atoms with Crippen molar-refractivity contribution in [1.82, 2.24) is 14.8 Å². The zero-order valence-electron chi connectivity index (χ0n) is 12.5. The van der Waals surface area contributed by atoms with E-state index in [1.54, 1.807) is 22.3 Å². The van der Waals surface area contributed by atoms with E-state index in [0.29, 0.717) is 10.7 Å². The van der Waals surface area contributed by atoms with Gasteiger partial charge in [-0.3, -0.25) is 14.3 Å². The number of halogens is 1. The second-order valence-electron chi connectivity index (χ2n) is 4.95. The fraction of sp³-hybridized carbons (Fsp3) is 0.0667. The summed E-state index contributed by atoms with van der Waals surface area (Å²) in [6.45, 7) is 0. The number of rotatable bonds is 4. The lowest BCUT2D eigenvalue weighted by Crippen LogP contribution is -2.14. The van der Waals surface area contributed by atoms with Gasteiger partial charge >= 0.3 is 0 Å². The lowest BCUT2D eigenvalue weighted by atomic mass is 10.2. The molecule has 0 bridgehead atoms. The van der Waals surface area contributed by atoms with E-state index in [2.05, 4.69) is 15.4 Å². The van der Waals surface area contributed by atoms with Gasteiger partial charge in [-0.15, -0.1) is 11.3 Å². The minimum absolute atomic E-state index is 0.176. The molecule has 3 N–H and O–H groups in total. The van der Waals surface area contributed by atoms with Crippen molar-refractivity contribution in [2.24, 2.45) is 12.8 Å². The van der Waals surface area contributed by atoms with Crippen LogP contribution in [-0.4, -0.2) is 26.6 Å². The van der Waals surface area contributed by atoms with Crippen molar-refractivity contribution in [3.05, 3.63) is 52.3 Å². The molecule has 122 valence electrons. The number of benzene rings is 1. The molecule has 0 saturated carbocycles. The van der Waals surface area contributed by atoms with Crippen molar-refractivity contribution < 1.29 is 9.59 Å². The van der Waals surface area contributed by atoms with E-state index < -0.39 is 5.91 Å². The minimum Gasteiger partial charge on any atom is -0.366 e. The predicted molar refractivity (Wildman–Crippen MR) is 92.2 cm³/mol. The van der Waals surface area contributed by atoms with Gasteiger partial charge in [0.2, 0.25) is 5.91 Å². The molecule has 2 heterocycles. The lowest BCUT2D eigenvalue weighted by Gasteiger charge is -2.05.